The number of nitrogens with zero attached hydrogens (tertiary/aromatic N) is 1. The average molecular weight is 204 g/mol. The third-order valence-corrected chi connectivity index (χ3v) is 1.89. The first-order valence-electron chi connectivity index (χ1n) is 4.22. The molecule has 0 saturated heterocycles. The monoisotopic (exact) mass is 204 g/mol. The Morgan fingerprint density at radius 2 is 2.27 bits per heavy atom. The quantitative estimate of drug-likeness (QED) is 0.586. The minimum atomic E-state index is -0.821. The predicted octanol–water partition coefficient (Wildman–Crippen LogP) is 1.53. The Kier molecular flexibility index (Phi) is 3.19. The molecule has 1 aromatic carbocycles. The molecule has 15 heavy (non-hydrogen) atoms. The van der Waals surface area contributed by atoms with Crippen LogP contribution in [0.2, 0.25) is 0 Å². The number of hydrogen-bond donors (Lipinski definition) is 1. The van der Waals surface area contributed by atoms with Crippen molar-refractivity contribution in [2.75, 3.05) is 0 Å². The van der Waals surface area contributed by atoms with E-state index in [1.165, 1.54) is 12.1 Å². The predicted molar refractivity (Wildman–Crippen MR) is 53.9 cm³/mol. The van der Waals surface area contributed by atoms with E-state index in [-0.39, 0.29) is 11.4 Å². The van der Waals surface area contributed by atoms with Gasteiger partial charge in [0.25, 0.3) is 5.91 Å². The maximum Gasteiger partial charge on any atom is 0.259 e. The van der Waals surface area contributed by atoms with E-state index in [0.717, 1.165) is 0 Å². The van der Waals surface area contributed by atoms with E-state index in [4.69, 9.17) is 11.0 Å². The molecule has 0 radical (unpaired) electrons. The van der Waals surface area contributed by atoms with Crippen molar-refractivity contribution in [1.29, 1.82) is 5.26 Å². The summed E-state index contributed by atoms with van der Waals surface area (Å²) in [6.45, 7) is 1.63. The van der Waals surface area contributed by atoms with Crippen molar-refractivity contribution in [1.82, 2.24) is 0 Å². The van der Waals surface area contributed by atoms with Crippen molar-refractivity contribution in [3.05, 3.63) is 40.7 Å². The Balaban J connectivity index is 3.14. The van der Waals surface area contributed by atoms with Gasteiger partial charge in [-0.25, -0.2) is 4.39 Å². The van der Waals surface area contributed by atoms with E-state index < -0.39 is 5.91 Å². The van der Waals surface area contributed by atoms with Crippen LogP contribution in [0.15, 0.2) is 23.8 Å². The lowest BCUT2D eigenvalue weighted by atomic mass is 10.1. The molecular weight excluding hydrogens is 195 g/mol. The Bertz CT molecular complexity index is 472. The van der Waals surface area contributed by atoms with Crippen molar-refractivity contribution >= 4 is 12.0 Å². The van der Waals surface area contributed by atoms with E-state index in [1.54, 1.807) is 25.1 Å². The summed E-state index contributed by atoms with van der Waals surface area (Å²) in [7, 11) is 0. The van der Waals surface area contributed by atoms with Gasteiger partial charge < -0.3 is 5.73 Å². The average Bonchev–Trinajstić information content (AvgIpc) is 2.19. The van der Waals surface area contributed by atoms with Gasteiger partial charge in [-0.15, -0.1) is 0 Å². The molecule has 2 N–H and O–H groups in total. The van der Waals surface area contributed by atoms with Crippen LogP contribution in [-0.2, 0) is 4.79 Å². The smallest absolute Gasteiger partial charge is 0.259 e. The number of amides is 1. The lowest BCUT2D eigenvalue weighted by Crippen LogP contribution is -2.12. The van der Waals surface area contributed by atoms with Crippen LogP contribution in [0.5, 0.6) is 0 Å². The molecule has 0 fully saturated rings. The van der Waals surface area contributed by atoms with Crippen molar-refractivity contribution in [2.45, 2.75) is 6.92 Å². The molecule has 0 unspecified atom stereocenters. The van der Waals surface area contributed by atoms with E-state index in [2.05, 4.69) is 0 Å². The van der Waals surface area contributed by atoms with Gasteiger partial charge in [0.15, 0.2) is 0 Å². The molecule has 1 aromatic rings. The van der Waals surface area contributed by atoms with Crippen LogP contribution in [0.4, 0.5) is 4.39 Å². The fourth-order valence-electron chi connectivity index (χ4n) is 1.02. The van der Waals surface area contributed by atoms with E-state index in [9.17, 15) is 9.18 Å². The van der Waals surface area contributed by atoms with Crippen LogP contribution in [0.3, 0.4) is 0 Å². The molecule has 3 nitrogen and oxygen atoms in total. The molecule has 0 heterocycles. The molecule has 4 heteroatoms. The van der Waals surface area contributed by atoms with Crippen LogP contribution in [0, 0.1) is 24.1 Å². The summed E-state index contributed by atoms with van der Waals surface area (Å²) in [5, 5.41) is 8.57. The molecule has 0 aliphatic rings. The van der Waals surface area contributed by atoms with Gasteiger partial charge in [-0.05, 0) is 30.2 Å². The normalized spacial score (nSPS) is 10.9. The van der Waals surface area contributed by atoms with Crippen molar-refractivity contribution in [3.8, 4) is 6.07 Å². The summed E-state index contributed by atoms with van der Waals surface area (Å²) in [6.07, 6.45) is 1.25. The number of aryl methyl sites for hydroxylation is 1. The molecule has 0 aliphatic heterocycles. The highest BCUT2D eigenvalue weighted by molar-refractivity contribution is 6.00. The van der Waals surface area contributed by atoms with Crippen LogP contribution >= 0.6 is 0 Å². The summed E-state index contributed by atoms with van der Waals surface area (Å²) in [5.41, 5.74) is 5.69. The summed E-state index contributed by atoms with van der Waals surface area (Å²) in [6, 6.07) is 6.07. The molecule has 0 aliphatic carbocycles. The van der Waals surface area contributed by atoms with Gasteiger partial charge in [0.2, 0.25) is 0 Å². The standard InChI is InChI=1S/C11H9FN2O/c1-7-2-3-8(5-10(7)12)4-9(6-13)11(14)15/h2-5H,1H3,(H2,14,15)/b9-4+. The van der Waals surface area contributed by atoms with Crippen LogP contribution in [0.1, 0.15) is 11.1 Å². The minimum Gasteiger partial charge on any atom is -0.365 e. The zero-order chi connectivity index (χ0) is 11.4. The highest BCUT2D eigenvalue weighted by Gasteiger charge is 2.04. The molecule has 76 valence electrons. The largest absolute Gasteiger partial charge is 0.365 e. The first-order chi connectivity index (χ1) is 7.04. The number of carbonyl (C=O) groups is 1. The fraction of sp³-hybridized carbons (Fsp3) is 0.0909. The zero-order valence-corrected chi connectivity index (χ0v) is 8.12. The number of nitrogens with two attached hydrogens (primary N) is 1. The van der Waals surface area contributed by atoms with E-state index in [1.807, 2.05) is 0 Å². The third kappa shape index (κ3) is 2.64. The second-order valence-electron chi connectivity index (χ2n) is 3.04. The first-order valence-corrected chi connectivity index (χ1v) is 4.22. The van der Waals surface area contributed by atoms with Gasteiger partial charge >= 0.3 is 0 Å². The fourth-order valence-corrected chi connectivity index (χ4v) is 1.02. The highest BCUT2D eigenvalue weighted by Crippen LogP contribution is 2.12. The lowest BCUT2D eigenvalue weighted by Gasteiger charge is -1.98. The number of carbonyl (C=O) groups excluding carboxylic acids is 1. The minimum absolute atomic E-state index is 0.196. The highest BCUT2D eigenvalue weighted by atomic mass is 19.1. The van der Waals surface area contributed by atoms with Gasteiger partial charge in [-0.2, -0.15) is 5.26 Å². The topological polar surface area (TPSA) is 66.9 Å². The van der Waals surface area contributed by atoms with Gasteiger partial charge in [0, 0.05) is 0 Å². The van der Waals surface area contributed by atoms with Crippen LogP contribution < -0.4 is 5.73 Å². The number of benzene rings is 1. The number of primary amides is 1. The second-order valence-corrected chi connectivity index (χ2v) is 3.04. The van der Waals surface area contributed by atoms with Gasteiger partial charge in [-0.1, -0.05) is 12.1 Å². The second kappa shape index (κ2) is 4.38. The molecule has 0 aromatic heterocycles. The maximum absolute atomic E-state index is 13.1. The zero-order valence-electron chi connectivity index (χ0n) is 8.12. The summed E-state index contributed by atoms with van der Waals surface area (Å²) in [5.74, 6) is -1.20. The Labute approximate surface area is 86.6 Å². The van der Waals surface area contributed by atoms with Crippen molar-refractivity contribution in [2.24, 2.45) is 5.73 Å². The molecule has 0 atom stereocenters. The number of rotatable bonds is 2. The first kappa shape index (κ1) is 10.9. The molecule has 1 rings (SSSR count). The third-order valence-electron chi connectivity index (χ3n) is 1.89. The summed E-state index contributed by atoms with van der Waals surface area (Å²) < 4.78 is 13.1. The number of halogens is 1. The van der Waals surface area contributed by atoms with E-state index >= 15 is 0 Å². The van der Waals surface area contributed by atoms with Gasteiger partial charge in [0.05, 0.1) is 0 Å². The maximum atomic E-state index is 13.1. The molecule has 0 spiro atoms. The molecular formula is C11H9FN2O. The number of hydrogen-bond acceptors (Lipinski definition) is 2. The van der Waals surface area contributed by atoms with E-state index in [0.29, 0.717) is 11.1 Å². The summed E-state index contributed by atoms with van der Waals surface area (Å²) in [4.78, 5) is 10.7. The number of nitriles is 1. The van der Waals surface area contributed by atoms with Crippen molar-refractivity contribution < 1.29 is 9.18 Å². The van der Waals surface area contributed by atoms with Crippen molar-refractivity contribution in [3.63, 3.8) is 0 Å². The molecule has 1 amide bonds. The van der Waals surface area contributed by atoms with Crippen LogP contribution in [0.25, 0.3) is 6.08 Å². The Morgan fingerprint density at radius 1 is 1.60 bits per heavy atom. The van der Waals surface area contributed by atoms with Crippen LogP contribution in [-0.4, -0.2) is 5.91 Å². The molecule has 0 bridgehead atoms. The molecule has 0 saturated carbocycles. The van der Waals surface area contributed by atoms with Gasteiger partial charge in [-0.3, -0.25) is 4.79 Å². The Morgan fingerprint density at radius 3 is 2.73 bits per heavy atom. The Hall–Kier alpha value is -2.15. The van der Waals surface area contributed by atoms with Gasteiger partial charge in [0.1, 0.15) is 17.5 Å². The summed E-state index contributed by atoms with van der Waals surface area (Å²) >= 11 is 0. The lowest BCUT2D eigenvalue weighted by molar-refractivity contribution is -0.114. The SMILES string of the molecule is Cc1ccc(/C=C(\C#N)C(N)=O)cc1F.